The molecule has 3 aromatic rings. The van der Waals surface area contributed by atoms with E-state index in [1.807, 2.05) is 50.1 Å². The number of anilines is 4. The van der Waals surface area contributed by atoms with Crippen molar-refractivity contribution < 1.29 is 9.53 Å². The van der Waals surface area contributed by atoms with Gasteiger partial charge in [0.2, 0.25) is 5.91 Å². The Morgan fingerprint density at radius 3 is 2.88 bits per heavy atom. The summed E-state index contributed by atoms with van der Waals surface area (Å²) in [6.07, 6.45) is 3.04. The quantitative estimate of drug-likeness (QED) is 0.300. The highest BCUT2D eigenvalue weighted by Crippen LogP contribution is 2.35. The first kappa shape index (κ1) is 23.4. The van der Waals surface area contributed by atoms with E-state index in [2.05, 4.69) is 15.7 Å². The van der Waals surface area contributed by atoms with Gasteiger partial charge in [0, 0.05) is 41.3 Å². The number of carbonyl (C=O) groups is 1. The lowest BCUT2D eigenvalue weighted by Gasteiger charge is -2.31. The number of amides is 1. The third-order valence-corrected chi connectivity index (χ3v) is 5.87. The maximum Gasteiger partial charge on any atom is 0.239 e. The highest BCUT2D eigenvalue weighted by molar-refractivity contribution is 6.36. The summed E-state index contributed by atoms with van der Waals surface area (Å²) in [5.74, 6) is 1.33. The van der Waals surface area contributed by atoms with E-state index < -0.39 is 0 Å². The van der Waals surface area contributed by atoms with Crippen molar-refractivity contribution in [2.75, 3.05) is 35.6 Å². The highest BCUT2D eigenvalue weighted by Gasteiger charge is 2.22. The number of aromatic nitrogens is 2. The number of aryl methyl sites for hydroxylation is 1. The monoisotopic (exact) mass is 481 g/mol. The fourth-order valence-electron chi connectivity index (χ4n) is 3.81. The van der Waals surface area contributed by atoms with Gasteiger partial charge in [-0.25, -0.2) is 4.68 Å². The second kappa shape index (κ2) is 9.64. The number of ether oxygens (including phenoxy) is 1. The molecule has 1 aliphatic rings. The molecule has 4 rings (SSSR count). The number of fused-ring (bicyclic) bond motifs is 1. The van der Waals surface area contributed by atoms with Crippen LogP contribution in [0.3, 0.4) is 0 Å². The van der Waals surface area contributed by atoms with Crippen molar-refractivity contribution >= 4 is 46.6 Å². The van der Waals surface area contributed by atoms with Crippen LogP contribution in [0.25, 0.3) is 5.69 Å². The fourth-order valence-corrected chi connectivity index (χ4v) is 4.08. The Kier molecular flexibility index (Phi) is 6.65. The summed E-state index contributed by atoms with van der Waals surface area (Å²) in [5, 5.41) is 18.7. The molecule has 5 N–H and O–H groups in total. The molecule has 34 heavy (non-hydrogen) atoms. The van der Waals surface area contributed by atoms with E-state index >= 15 is 0 Å². The van der Waals surface area contributed by atoms with E-state index in [0.29, 0.717) is 46.7 Å². The van der Waals surface area contributed by atoms with Crippen molar-refractivity contribution in [2.45, 2.75) is 26.8 Å². The average molecular weight is 482 g/mol. The van der Waals surface area contributed by atoms with Crippen LogP contribution in [0.2, 0.25) is 5.02 Å². The molecule has 0 fully saturated rings. The first-order valence-corrected chi connectivity index (χ1v) is 11.4. The third-order valence-electron chi connectivity index (χ3n) is 5.46. The normalized spacial score (nSPS) is 12.8. The molecule has 0 saturated heterocycles. The molecule has 9 nitrogen and oxygen atoms in total. The lowest BCUT2D eigenvalue weighted by atomic mass is 10.1. The smallest absolute Gasteiger partial charge is 0.239 e. The van der Waals surface area contributed by atoms with Gasteiger partial charge in [-0.05, 0) is 45.0 Å². The van der Waals surface area contributed by atoms with E-state index in [0.717, 1.165) is 23.2 Å². The molecule has 178 valence electrons. The van der Waals surface area contributed by atoms with E-state index in [9.17, 15) is 4.79 Å². The maximum atomic E-state index is 12.2. The van der Waals surface area contributed by atoms with Gasteiger partial charge in [-0.3, -0.25) is 4.79 Å². The minimum atomic E-state index is -0.0159. The number of nitrogens with zero attached hydrogens (tertiary/aromatic N) is 3. The van der Waals surface area contributed by atoms with Crippen LogP contribution in [0.1, 0.15) is 25.0 Å². The van der Waals surface area contributed by atoms with Crippen LogP contribution in [-0.4, -0.2) is 47.6 Å². The molecule has 1 aliphatic heterocycles. The predicted molar refractivity (Wildman–Crippen MR) is 136 cm³/mol. The van der Waals surface area contributed by atoms with Gasteiger partial charge < -0.3 is 31.4 Å². The predicted octanol–water partition coefficient (Wildman–Crippen LogP) is 3.88. The Bertz CT molecular complexity index is 1240. The number of nitrogens with two attached hydrogens (primary N) is 1. The number of carbonyl (C=O) groups excluding carboxylic acids is 1. The Hall–Kier alpha value is -3.72. The first-order valence-electron chi connectivity index (χ1n) is 11.0. The first-order chi connectivity index (χ1) is 16.3. The Balaban J connectivity index is 1.57. The van der Waals surface area contributed by atoms with Crippen LogP contribution in [0, 0.1) is 12.3 Å². The van der Waals surface area contributed by atoms with Crippen LogP contribution in [-0.2, 0) is 4.79 Å². The lowest BCUT2D eigenvalue weighted by molar-refractivity contribution is -0.120. The van der Waals surface area contributed by atoms with E-state index in [4.69, 9.17) is 27.5 Å². The van der Waals surface area contributed by atoms with Crippen molar-refractivity contribution in [1.29, 1.82) is 5.41 Å². The number of hydrogen-bond acceptors (Lipinski definition) is 7. The van der Waals surface area contributed by atoms with Crippen LogP contribution >= 0.6 is 11.6 Å². The minimum absolute atomic E-state index is 0.0159. The van der Waals surface area contributed by atoms with Crippen molar-refractivity contribution in [3.8, 4) is 11.4 Å². The Morgan fingerprint density at radius 1 is 1.35 bits per heavy atom. The zero-order valence-corrected chi connectivity index (χ0v) is 20.1. The van der Waals surface area contributed by atoms with Gasteiger partial charge >= 0.3 is 0 Å². The topological polar surface area (TPSA) is 121 Å². The molecule has 2 aromatic carbocycles. The van der Waals surface area contributed by atoms with Crippen molar-refractivity contribution in [2.24, 2.45) is 0 Å². The fraction of sp³-hybridized carbons (Fsp3) is 0.292. The van der Waals surface area contributed by atoms with E-state index in [1.165, 1.54) is 0 Å². The molecule has 1 amide bonds. The molecule has 0 bridgehead atoms. The Labute approximate surface area is 203 Å². The second-order valence-electron chi connectivity index (χ2n) is 8.45. The van der Waals surface area contributed by atoms with Crippen molar-refractivity contribution in [1.82, 2.24) is 15.1 Å². The number of benzene rings is 2. The third kappa shape index (κ3) is 4.79. The summed E-state index contributed by atoms with van der Waals surface area (Å²) in [6, 6.07) is 9.38. The molecular formula is C24H28ClN7O2. The second-order valence-corrected chi connectivity index (χ2v) is 8.83. The lowest BCUT2D eigenvalue weighted by Crippen LogP contribution is -2.43. The highest BCUT2D eigenvalue weighted by atomic mass is 35.5. The van der Waals surface area contributed by atoms with Gasteiger partial charge in [-0.2, -0.15) is 0 Å². The van der Waals surface area contributed by atoms with Gasteiger partial charge in [0.05, 0.1) is 35.2 Å². The van der Waals surface area contributed by atoms with Crippen molar-refractivity contribution in [3.63, 3.8) is 0 Å². The van der Waals surface area contributed by atoms with Gasteiger partial charge in [-0.15, -0.1) is 5.10 Å². The van der Waals surface area contributed by atoms with Crippen LogP contribution in [0.4, 0.5) is 22.9 Å². The number of hydrogen-bond donors (Lipinski definition) is 4. The summed E-state index contributed by atoms with van der Waals surface area (Å²) < 4.78 is 7.64. The van der Waals surface area contributed by atoms with Gasteiger partial charge in [0.15, 0.2) is 5.82 Å². The zero-order valence-electron chi connectivity index (χ0n) is 19.4. The number of halogens is 1. The summed E-state index contributed by atoms with van der Waals surface area (Å²) in [7, 11) is 0. The Morgan fingerprint density at radius 2 is 2.15 bits per heavy atom. The largest absolute Gasteiger partial charge is 0.489 e. The molecule has 2 heterocycles. The number of nitrogen functional groups attached to an aromatic ring is 1. The molecule has 0 spiro atoms. The van der Waals surface area contributed by atoms with Crippen LogP contribution in [0.15, 0.2) is 36.5 Å². The molecule has 1 aromatic heterocycles. The van der Waals surface area contributed by atoms with Crippen molar-refractivity contribution in [3.05, 3.63) is 52.7 Å². The van der Waals surface area contributed by atoms with E-state index in [1.54, 1.807) is 16.8 Å². The molecule has 0 aliphatic carbocycles. The molecule has 10 heteroatoms. The summed E-state index contributed by atoms with van der Waals surface area (Å²) in [5.41, 5.74) is 10.0. The molecule has 0 unspecified atom stereocenters. The van der Waals surface area contributed by atoms with Crippen LogP contribution < -0.4 is 26.0 Å². The summed E-state index contributed by atoms with van der Waals surface area (Å²) in [4.78, 5) is 14.3. The maximum absolute atomic E-state index is 12.2. The summed E-state index contributed by atoms with van der Waals surface area (Å²) >= 11 is 6.42. The van der Waals surface area contributed by atoms with E-state index in [-0.39, 0.29) is 18.5 Å². The average Bonchev–Trinajstić information content (AvgIpc) is 3.15. The van der Waals surface area contributed by atoms with Crippen LogP contribution in [0.5, 0.6) is 5.75 Å². The molecular weight excluding hydrogens is 454 g/mol. The summed E-state index contributed by atoms with van der Waals surface area (Å²) in [6.45, 7) is 7.26. The number of nitrogens with one attached hydrogen (secondary N) is 3. The standard InChI is InChI=1S/C24H28ClN7O2/c1-14(2)28-22(33)13-31-8-9-34-21-10-16(4-7-20(21)31)32-12-15(3)24(30-32)29-19-6-5-18(27)17(11-26)23(19)25/h4-7,10-12,14,26H,8-9,13,27H2,1-3H3,(H,28,33)(H,29,30). The van der Waals surface area contributed by atoms with Gasteiger partial charge in [-0.1, -0.05) is 11.6 Å². The van der Waals surface area contributed by atoms with Gasteiger partial charge in [0.1, 0.15) is 12.4 Å². The molecule has 0 radical (unpaired) electrons. The zero-order chi connectivity index (χ0) is 24.4. The molecule has 0 saturated carbocycles. The minimum Gasteiger partial charge on any atom is -0.489 e. The van der Waals surface area contributed by atoms with Gasteiger partial charge in [0.25, 0.3) is 0 Å². The number of rotatable bonds is 7. The molecule has 0 atom stereocenters. The SMILES string of the molecule is Cc1cn(-c2ccc3c(c2)OCCN3CC(=O)NC(C)C)nc1Nc1ccc(N)c(C=N)c1Cl.